The number of carbonyl (C=O) groups excluding carboxylic acids is 2. The van der Waals surface area contributed by atoms with Crippen LogP contribution in [0.5, 0.6) is 0 Å². The van der Waals surface area contributed by atoms with Gasteiger partial charge in [0.15, 0.2) is 6.10 Å². The number of aliphatic hydroxyl groups is 1. The zero-order valence-corrected chi connectivity index (χ0v) is 37.9. The Hall–Kier alpha value is -2.18. The van der Waals surface area contributed by atoms with Crippen LogP contribution in [-0.2, 0) is 41.8 Å². The maximum atomic E-state index is 12.7. The summed E-state index contributed by atoms with van der Waals surface area (Å²) in [5.41, 5.74) is 0. The second-order valence-corrected chi connectivity index (χ2v) is 17.3. The van der Waals surface area contributed by atoms with E-state index in [2.05, 4.69) is 71.5 Å². The average molecular weight is 877 g/mol. The van der Waals surface area contributed by atoms with Crippen LogP contribution >= 0.6 is 15.6 Å². The van der Waals surface area contributed by atoms with Crippen LogP contribution in [0.4, 0.5) is 0 Å². The number of rotatable bonds is 41. The van der Waals surface area contributed by atoms with Crippen molar-refractivity contribution < 1.29 is 61.6 Å². The summed E-state index contributed by atoms with van der Waals surface area (Å²) in [6.45, 7) is 1.65. The van der Waals surface area contributed by atoms with Crippen LogP contribution < -0.4 is 0 Å². The van der Waals surface area contributed by atoms with E-state index in [1.165, 1.54) is 57.8 Å². The lowest BCUT2D eigenvalue weighted by molar-refractivity contribution is -0.161. The molecule has 0 aliphatic rings. The van der Waals surface area contributed by atoms with E-state index in [0.29, 0.717) is 19.3 Å². The van der Waals surface area contributed by atoms with Gasteiger partial charge in [0.2, 0.25) is 0 Å². The average Bonchev–Trinajstić information content (AvgIpc) is 3.19. The van der Waals surface area contributed by atoms with Gasteiger partial charge in [-0.15, -0.1) is 0 Å². The maximum absolute atomic E-state index is 12.7. The third-order valence-corrected chi connectivity index (χ3v) is 10.3. The van der Waals surface area contributed by atoms with Crippen molar-refractivity contribution in [2.24, 2.45) is 0 Å². The largest absolute Gasteiger partial charge is 0.472 e. The first-order chi connectivity index (χ1) is 28.4. The third kappa shape index (κ3) is 43.7. The van der Waals surface area contributed by atoms with E-state index in [1.54, 1.807) is 0 Å². The van der Waals surface area contributed by atoms with Crippen LogP contribution in [0.3, 0.4) is 0 Å². The second kappa shape index (κ2) is 39.9. The van der Waals surface area contributed by atoms with Gasteiger partial charge >= 0.3 is 27.6 Å². The summed E-state index contributed by atoms with van der Waals surface area (Å²) in [5, 5.41) is 9.74. The highest BCUT2D eigenvalue weighted by Gasteiger charge is 2.28. The molecule has 0 spiro atoms. The van der Waals surface area contributed by atoms with Gasteiger partial charge in [-0.05, 0) is 77.0 Å². The van der Waals surface area contributed by atoms with E-state index in [9.17, 15) is 28.7 Å². The number of hydrogen-bond donors (Lipinski definition) is 4. The van der Waals surface area contributed by atoms with E-state index in [0.717, 1.165) is 64.2 Å². The first kappa shape index (κ1) is 56.8. The fourth-order valence-corrected chi connectivity index (χ4v) is 6.67. The van der Waals surface area contributed by atoms with Crippen molar-refractivity contribution in [2.45, 2.75) is 180 Å². The van der Waals surface area contributed by atoms with Gasteiger partial charge < -0.3 is 29.3 Å². The van der Waals surface area contributed by atoms with E-state index in [-0.39, 0.29) is 12.8 Å². The predicted molar refractivity (Wildman–Crippen MR) is 234 cm³/mol. The Bertz CT molecular complexity index is 1280. The minimum Gasteiger partial charge on any atom is -0.462 e. The predicted octanol–water partition coefficient (Wildman–Crippen LogP) is 11.2. The molecular formula is C44H78O13P2. The van der Waals surface area contributed by atoms with Crippen molar-refractivity contribution in [3.8, 4) is 0 Å². The molecular weight excluding hydrogens is 798 g/mol. The van der Waals surface area contributed by atoms with E-state index in [4.69, 9.17) is 23.8 Å². The summed E-state index contributed by atoms with van der Waals surface area (Å²) in [6, 6.07) is 0. The van der Waals surface area contributed by atoms with E-state index in [1.807, 2.05) is 12.2 Å². The Morgan fingerprint density at radius 1 is 0.492 bits per heavy atom. The molecule has 0 aromatic carbocycles. The summed E-state index contributed by atoms with van der Waals surface area (Å²) in [6.07, 6.45) is 42.2. The van der Waals surface area contributed by atoms with Crippen LogP contribution in [0.2, 0.25) is 0 Å². The molecule has 342 valence electrons. The lowest BCUT2D eigenvalue weighted by Gasteiger charge is -2.20. The number of ether oxygens (including phenoxy) is 2. The van der Waals surface area contributed by atoms with Crippen LogP contribution in [0.25, 0.3) is 0 Å². The third-order valence-electron chi connectivity index (χ3n) is 8.87. The molecule has 0 bridgehead atoms. The highest BCUT2D eigenvalue weighted by molar-refractivity contribution is 7.47. The van der Waals surface area contributed by atoms with Gasteiger partial charge in [0, 0.05) is 12.8 Å². The molecule has 0 heterocycles. The van der Waals surface area contributed by atoms with Gasteiger partial charge in [-0.25, -0.2) is 9.13 Å². The van der Waals surface area contributed by atoms with Crippen molar-refractivity contribution in [1.29, 1.82) is 0 Å². The number of phosphoric acid groups is 2. The number of allylic oxidation sites excluding steroid dienone is 10. The van der Waals surface area contributed by atoms with Crippen LogP contribution in [0, 0.1) is 0 Å². The standard InChI is InChI=1S/C44H78O13P2/c1-3-5-7-9-11-13-15-17-19-20-22-23-25-27-29-31-33-35-43(46)53-39-42(40-56-59(51,52)55-38-41(45)37-54-58(48,49)50)57-44(47)36-34-32-30-28-26-24-21-18-16-14-12-10-8-6-4-2/h11,13,17-19,21-23,27,29,41-42,45H,3-10,12,14-16,20,24-26,28,30-40H2,1-2H3,(H,51,52)(H2,48,49,50)/b13-11-,19-17-,21-18-,23-22-,29-27-/t41-,42+/m0/s1. The molecule has 0 saturated heterocycles. The van der Waals surface area contributed by atoms with Crippen molar-refractivity contribution >= 4 is 27.6 Å². The Balaban J connectivity index is 4.62. The van der Waals surface area contributed by atoms with Gasteiger partial charge in [-0.3, -0.25) is 23.2 Å². The highest BCUT2D eigenvalue weighted by atomic mass is 31.2. The summed E-state index contributed by atoms with van der Waals surface area (Å²) >= 11 is 0. The van der Waals surface area contributed by atoms with Crippen LogP contribution in [-0.4, -0.2) is 70.4 Å². The lowest BCUT2D eigenvalue weighted by Crippen LogP contribution is -2.30. The molecule has 0 saturated carbocycles. The minimum absolute atomic E-state index is 0.108. The van der Waals surface area contributed by atoms with Crippen molar-refractivity contribution in [2.75, 3.05) is 26.4 Å². The van der Waals surface area contributed by atoms with Gasteiger partial charge in [0.05, 0.1) is 19.8 Å². The molecule has 13 nitrogen and oxygen atoms in total. The van der Waals surface area contributed by atoms with Crippen LogP contribution in [0.15, 0.2) is 60.8 Å². The number of aliphatic hydroxyl groups excluding tert-OH is 1. The first-order valence-electron chi connectivity index (χ1n) is 22.0. The monoisotopic (exact) mass is 876 g/mol. The zero-order valence-electron chi connectivity index (χ0n) is 36.1. The Kier molecular flexibility index (Phi) is 38.5. The second-order valence-electron chi connectivity index (χ2n) is 14.6. The van der Waals surface area contributed by atoms with Crippen molar-refractivity contribution in [3.05, 3.63) is 60.8 Å². The van der Waals surface area contributed by atoms with E-state index >= 15 is 0 Å². The molecule has 0 aliphatic heterocycles. The molecule has 0 rings (SSSR count). The van der Waals surface area contributed by atoms with Gasteiger partial charge in [-0.1, -0.05) is 139 Å². The molecule has 0 aromatic rings. The number of esters is 2. The van der Waals surface area contributed by atoms with Gasteiger partial charge in [0.25, 0.3) is 0 Å². The summed E-state index contributed by atoms with van der Waals surface area (Å²) < 4.78 is 47.7. The molecule has 3 atom stereocenters. The number of unbranched alkanes of at least 4 members (excludes halogenated alkanes) is 15. The smallest absolute Gasteiger partial charge is 0.462 e. The number of phosphoric ester groups is 2. The quantitative estimate of drug-likeness (QED) is 0.0196. The zero-order chi connectivity index (χ0) is 43.7. The molecule has 1 unspecified atom stereocenters. The highest BCUT2D eigenvalue weighted by Crippen LogP contribution is 2.43. The Morgan fingerprint density at radius 2 is 0.898 bits per heavy atom. The molecule has 15 heteroatoms. The molecule has 0 aliphatic carbocycles. The van der Waals surface area contributed by atoms with Gasteiger partial charge in [-0.2, -0.15) is 0 Å². The maximum Gasteiger partial charge on any atom is 0.472 e. The van der Waals surface area contributed by atoms with Gasteiger partial charge in [0.1, 0.15) is 12.7 Å². The molecule has 0 radical (unpaired) electrons. The number of hydrogen-bond acceptors (Lipinski definition) is 10. The number of carbonyl (C=O) groups is 2. The minimum atomic E-state index is -4.87. The molecule has 0 fully saturated rings. The first-order valence-corrected chi connectivity index (χ1v) is 25.0. The Labute approximate surface area is 355 Å². The van der Waals surface area contributed by atoms with E-state index < -0.39 is 66.2 Å². The topological polar surface area (TPSA) is 195 Å². The normalized spacial score (nSPS) is 14.6. The summed E-state index contributed by atoms with van der Waals surface area (Å²) in [5.74, 6) is -1.11. The Morgan fingerprint density at radius 3 is 1.46 bits per heavy atom. The summed E-state index contributed by atoms with van der Waals surface area (Å²) in [7, 11) is -9.69. The van der Waals surface area contributed by atoms with Crippen LogP contribution in [0.1, 0.15) is 168 Å². The molecule has 0 aromatic heterocycles. The molecule has 4 N–H and O–H groups in total. The van der Waals surface area contributed by atoms with Crippen molar-refractivity contribution in [3.63, 3.8) is 0 Å². The molecule has 59 heavy (non-hydrogen) atoms. The fraction of sp³-hybridized carbons (Fsp3) is 0.727. The molecule has 0 amide bonds. The lowest BCUT2D eigenvalue weighted by atomic mass is 10.1. The van der Waals surface area contributed by atoms with Crippen molar-refractivity contribution in [1.82, 2.24) is 0 Å². The summed E-state index contributed by atoms with van der Waals surface area (Å²) in [4.78, 5) is 52.7. The SMILES string of the molecule is CCCCC/C=C\C/C=C\C/C=C\C/C=C\CCCC(=O)OC[C@H](COP(=O)(O)OC[C@@H](O)COP(=O)(O)O)OC(=O)CCCCCCC/C=C\CCCCCCCC. The fourth-order valence-electron chi connectivity index (χ4n) is 5.51.